The van der Waals surface area contributed by atoms with Crippen LogP contribution in [-0.4, -0.2) is 30.8 Å². The molecule has 0 unspecified atom stereocenters. The molecular formula is C18H17FN2O4S. The van der Waals surface area contributed by atoms with E-state index in [0.29, 0.717) is 40.9 Å². The van der Waals surface area contributed by atoms with Crippen molar-refractivity contribution in [2.24, 2.45) is 0 Å². The van der Waals surface area contributed by atoms with Crippen molar-refractivity contribution in [2.75, 3.05) is 19.0 Å². The van der Waals surface area contributed by atoms with Crippen LogP contribution in [0.3, 0.4) is 0 Å². The normalized spacial score (nSPS) is 12.3. The van der Waals surface area contributed by atoms with Gasteiger partial charge in [-0.3, -0.25) is 20.4 Å². The van der Waals surface area contributed by atoms with Crippen molar-refractivity contribution in [3.63, 3.8) is 0 Å². The second-order valence-corrected chi connectivity index (χ2v) is 6.53. The summed E-state index contributed by atoms with van der Waals surface area (Å²) < 4.78 is 24.3. The lowest BCUT2D eigenvalue weighted by Gasteiger charge is -2.18. The maximum Gasteiger partial charge on any atom is 0.269 e. The third-order valence-electron chi connectivity index (χ3n) is 3.54. The Bertz CT molecular complexity index is 816. The van der Waals surface area contributed by atoms with E-state index in [1.165, 1.54) is 17.8 Å². The van der Waals surface area contributed by atoms with Crippen LogP contribution < -0.4 is 20.3 Å². The zero-order valence-electron chi connectivity index (χ0n) is 13.8. The second kappa shape index (κ2) is 8.57. The number of ether oxygens (including phenoxy) is 2. The van der Waals surface area contributed by atoms with Gasteiger partial charge >= 0.3 is 0 Å². The molecule has 0 saturated heterocycles. The first-order valence-corrected chi connectivity index (χ1v) is 8.98. The zero-order chi connectivity index (χ0) is 18.4. The van der Waals surface area contributed by atoms with Crippen molar-refractivity contribution in [1.29, 1.82) is 0 Å². The number of carbonyl (C=O) groups excluding carboxylic acids is 2. The number of thioether (sulfide) groups is 1. The summed E-state index contributed by atoms with van der Waals surface area (Å²) in [5, 5.41) is 0. The van der Waals surface area contributed by atoms with E-state index in [0.717, 1.165) is 0 Å². The zero-order valence-corrected chi connectivity index (χ0v) is 14.6. The quantitative estimate of drug-likeness (QED) is 0.620. The number of hydrazine groups is 1. The summed E-state index contributed by atoms with van der Waals surface area (Å²) in [6.45, 7) is 0.897. The minimum atomic E-state index is -0.461. The minimum Gasteiger partial charge on any atom is -0.486 e. The maximum absolute atomic E-state index is 13.5. The third kappa shape index (κ3) is 4.66. The van der Waals surface area contributed by atoms with Crippen LogP contribution >= 0.6 is 11.8 Å². The van der Waals surface area contributed by atoms with Crippen LogP contribution in [0.2, 0.25) is 0 Å². The number of carbonyl (C=O) groups is 2. The Labute approximate surface area is 154 Å². The molecular weight excluding hydrogens is 359 g/mol. The molecule has 2 N–H and O–H groups in total. The van der Waals surface area contributed by atoms with Gasteiger partial charge in [-0.15, -0.1) is 11.8 Å². The Morgan fingerprint density at radius 2 is 1.81 bits per heavy atom. The molecule has 2 aromatic rings. The number of rotatable bonds is 5. The highest BCUT2D eigenvalue weighted by atomic mass is 32.2. The Kier molecular flexibility index (Phi) is 5.96. The smallest absolute Gasteiger partial charge is 0.269 e. The van der Waals surface area contributed by atoms with Gasteiger partial charge in [-0.05, 0) is 30.3 Å². The standard InChI is InChI=1S/C18H17FN2O4S/c19-13-3-1-2-4-16(13)26-10-7-17(22)20-21-18(23)12-5-6-14-15(11-12)25-9-8-24-14/h1-6,11H,7-10H2,(H,20,22)(H,21,23). The van der Waals surface area contributed by atoms with Gasteiger partial charge in [0.2, 0.25) is 5.91 Å². The van der Waals surface area contributed by atoms with Crippen LogP contribution in [-0.2, 0) is 4.79 Å². The predicted molar refractivity (Wildman–Crippen MR) is 94.8 cm³/mol. The van der Waals surface area contributed by atoms with Crippen LogP contribution in [0.5, 0.6) is 11.5 Å². The number of amides is 2. The summed E-state index contributed by atoms with van der Waals surface area (Å²) in [6, 6.07) is 11.2. The highest BCUT2D eigenvalue weighted by molar-refractivity contribution is 7.99. The lowest BCUT2D eigenvalue weighted by molar-refractivity contribution is -0.121. The summed E-state index contributed by atoms with van der Waals surface area (Å²) in [4.78, 5) is 24.4. The van der Waals surface area contributed by atoms with E-state index in [1.807, 2.05) is 0 Å². The van der Waals surface area contributed by atoms with Gasteiger partial charge in [-0.25, -0.2) is 4.39 Å². The molecule has 0 radical (unpaired) electrons. The molecule has 0 fully saturated rings. The summed E-state index contributed by atoms with van der Waals surface area (Å²) >= 11 is 1.24. The monoisotopic (exact) mass is 376 g/mol. The van der Waals surface area contributed by atoms with Gasteiger partial charge in [0.05, 0.1) is 0 Å². The first-order chi connectivity index (χ1) is 12.6. The molecule has 0 aromatic heterocycles. The van der Waals surface area contributed by atoms with Gasteiger partial charge in [0, 0.05) is 22.6 Å². The number of halogens is 1. The van der Waals surface area contributed by atoms with Crippen molar-refractivity contribution < 1.29 is 23.5 Å². The third-order valence-corrected chi connectivity index (χ3v) is 4.59. The SMILES string of the molecule is O=C(CCSc1ccccc1F)NNC(=O)c1ccc2c(c1)OCCO2. The minimum absolute atomic E-state index is 0.139. The van der Waals surface area contributed by atoms with E-state index < -0.39 is 5.91 Å². The van der Waals surface area contributed by atoms with Crippen LogP contribution in [0, 0.1) is 5.82 Å². The summed E-state index contributed by atoms with van der Waals surface area (Å²) in [5.74, 6) is 0.340. The molecule has 0 atom stereocenters. The first kappa shape index (κ1) is 18.1. The van der Waals surface area contributed by atoms with E-state index in [2.05, 4.69) is 10.9 Å². The molecule has 6 nitrogen and oxygen atoms in total. The van der Waals surface area contributed by atoms with Crippen molar-refractivity contribution in [2.45, 2.75) is 11.3 Å². The first-order valence-electron chi connectivity index (χ1n) is 7.99. The van der Waals surface area contributed by atoms with Gasteiger partial charge < -0.3 is 9.47 Å². The fourth-order valence-corrected chi connectivity index (χ4v) is 3.15. The van der Waals surface area contributed by atoms with Crippen LogP contribution in [0.25, 0.3) is 0 Å². The van der Waals surface area contributed by atoms with Crippen LogP contribution in [0.4, 0.5) is 4.39 Å². The number of fused-ring (bicyclic) bond motifs is 1. The lowest BCUT2D eigenvalue weighted by atomic mass is 10.2. The Morgan fingerprint density at radius 1 is 1.04 bits per heavy atom. The topological polar surface area (TPSA) is 76.7 Å². The number of hydrogen-bond acceptors (Lipinski definition) is 5. The summed E-state index contributed by atoms with van der Waals surface area (Å²) in [7, 11) is 0. The average molecular weight is 376 g/mol. The predicted octanol–water partition coefficient (Wildman–Crippen LogP) is 2.54. The van der Waals surface area contributed by atoms with E-state index in [1.54, 1.807) is 36.4 Å². The molecule has 0 aliphatic carbocycles. The molecule has 8 heteroatoms. The Morgan fingerprint density at radius 3 is 2.62 bits per heavy atom. The van der Waals surface area contributed by atoms with Gasteiger partial charge in [0.25, 0.3) is 5.91 Å². The average Bonchev–Trinajstić information content (AvgIpc) is 2.67. The molecule has 2 amide bonds. The second-order valence-electron chi connectivity index (χ2n) is 5.39. The highest BCUT2D eigenvalue weighted by Gasteiger charge is 2.15. The number of benzene rings is 2. The number of nitrogens with one attached hydrogen (secondary N) is 2. The van der Waals surface area contributed by atoms with Crippen molar-refractivity contribution >= 4 is 23.6 Å². The van der Waals surface area contributed by atoms with E-state index in [4.69, 9.17) is 9.47 Å². The van der Waals surface area contributed by atoms with Crippen molar-refractivity contribution in [3.8, 4) is 11.5 Å². The molecule has 0 bridgehead atoms. The summed E-state index contributed by atoms with van der Waals surface area (Å²) in [6.07, 6.45) is 0.139. The van der Waals surface area contributed by atoms with E-state index in [9.17, 15) is 14.0 Å². The fourth-order valence-electron chi connectivity index (χ4n) is 2.26. The van der Waals surface area contributed by atoms with Crippen molar-refractivity contribution in [3.05, 3.63) is 53.8 Å². The lowest BCUT2D eigenvalue weighted by Crippen LogP contribution is -2.41. The fraction of sp³-hybridized carbons (Fsp3) is 0.222. The van der Waals surface area contributed by atoms with Crippen molar-refractivity contribution in [1.82, 2.24) is 10.9 Å². The number of hydrogen-bond donors (Lipinski definition) is 2. The molecule has 1 heterocycles. The van der Waals surface area contributed by atoms with Crippen LogP contribution in [0.15, 0.2) is 47.4 Å². The van der Waals surface area contributed by atoms with Gasteiger partial charge in [0.15, 0.2) is 11.5 Å². The molecule has 3 rings (SSSR count). The molecule has 136 valence electrons. The highest BCUT2D eigenvalue weighted by Crippen LogP contribution is 2.30. The van der Waals surface area contributed by atoms with Gasteiger partial charge in [-0.2, -0.15) is 0 Å². The Balaban J connectivity index is 1.44. The van der Waals surface area contributed by atoms with Gasteiger partial charge in [-0.1, -0.05) is 12.1 Å². The summed E-state index contributed by atoms with van der Waals surface area (Å²) in [5.41, 5.74) is 5.03. The molecule has 26 heavy (non-hydrogen) atoms. The van der Waals surface area contributed by atoms with E-state index >= 15 is 0 Å². The molecule has 1 aliphatic rings. The molecule has 0 saturated carbocycles. The maximum atomic E-state index is 13.5. The van der Waals surface area contributed by atoms with Gasteiger partial charge in [0.1, 0.15) is 19.0 Å². The molecule has 1 aliphatic heterocycles. The molecule has 2 aromatic carbocycles. The Hall–Kier alpha value is -2.74. The largest absolute Gasteiger partial charge is 0.486 e. The van der Waals surface area contributed by atoms with E-state index in [-0.39, 0.29) is 18.1 Å². The van der Waals surface area contributed by atoms with Crippen LogP contribution in [0.1, 0.15) is 16.8 Å². The molecule has 0 spiro atoms.